The van der Waals surface area contributed by atoms with Crippen molar-refractivity contribution >= 4 is 145 Å². The molecule has 0 bridgehead atoms. The highest BCUT2D eigenvalue weighted by Gasteiger charge is 2.08. The fraction of sp³-hybridized carbons (Fsp3) is 0. The maximum Gasteiger partial charge on any atom is 0.192 e. The minimum Gasteiger partial charge on any atom is -0.269 e. The van der Waals surface area contributed by atoms with E-state index in [2.05, 4.69) is 18.2 Å². The predicted molar refractivity (Wildman–Crippen MR) is 176 cm³/mol. The van der Waals surface area contributed by atoms with Crippen LogP contribution < -0.4 is 15.9 Å². The number of hydrogen-bond acceptors (Lipinski definition) is 3. The molecule has 4 aromatic rings. The molecule has 4 rings (SSSR count). The summed E-state index contributed by atoms with van der Waals surface area (Å²) in [5.41, 5.74) is 6.18. The van der Waals surface area contributed by atoms with Crippen molar-refractivity contribution in [3.8, 4) is 33.4 Å². The SMILES string of the molecule is O=Pc1ccc(-c2cc(-c3ccc(P=O)cc3)cc(-c3ccc(P=O)cc3)c2)cc1.[AlH2].[AlH2].[AlH2].[AlH2].[AlH2].[AlH2]. The van der Waals surface area contributed by atoms with Crippen LogP contribution in [0.5, 0.6) is 0 Å². The third-order valence-corrected chi connectivity index (χ3v) is 6.38. The molecule has 12 heteroatoms. The first-order valence-corrected chi connectivity index (χ1v) is 11.6. The van der Waals surface area contributed by atoms with E-state index in [0.29, 0.717) is 0 Å². The Morgan fingerprint density at radius 3 is 0.667 bits per heavy atom. The molecule has 36 heavy (non-hydrogen) atoms. The zero-order valence-electron chi connectivity index (χ0n) is 21.7. The Balaban J connectivity index is -0.00000181. The topological polar surface area (TPSA) is 51.2 Å². The Bertz CT molecular complexity index is 1070. The lowest BCUT2D eigenvalue weighted by atomic mass is 9.93. The molecule has 0 aromatic heterocycles. The number of benzene rings is 4. The van der Waals surface area contributed by atoms with Crippen molar-refractivity contribution in [2.24, 2.45) is 0 Å². The third kappa shape index (κ3) is 10.5. The average molecular weight is 618 g/mol. The van der Waals surface area contributed by atoms with Crippen LogP contribution in [0.4, 0.5) is 0 Å². The van der Waals surface area contributed by atoms with Crippen molar-refractivity contribution in [2.75, 3.05) is 0 Å². The molecule has 0 unspecified atom stereocenters. The molecule has 0 aliphatic carbocycles. The summed E-state index contributed by atoms with van der Waals surface area (Å²) in [6.45, 7) is 0. The maximum absolute atomic E-state index is 11.1. The number of rotatable bonds is 6. The summed E-state index contributed by atoms with van der Waals surface area (Å²) in [7, 11) is 0.00975. The van der Waals surface area contributed by atoms with Crippen LogP contribution >= 0.6 is 25.4 Å². The molecular formula is C24H27Al6O3P3. The van der Waals surface area contributed by atoms with E-state index in [9.17, 15) is 13.7 Å². The third-order valence-electron chi connectivity index (χ3n) is 4.85. The Kier molecular flexibility index (Phi) is 23.0. The highest BCUT2D eigenvalue weighted by atomic mass is 31.1. The maximum atomic E-state index is 11.1. The largest absolute Gasteiger partial charge is 0.269 e. The summed E-state index contributed by atoms with van der Waals surface area (Å²) in [6.07, 6.45) is 0. The van der Waals surface area contributed by atoms with Crippen LogP contribution in [0.1, 0.15) is 0 Å². The van der Waals surface area contributed by atoms with Gasteiger partial charge in [-0.25, -0.2) is 0 Å². The van der Waals surface area contributed by atoms with Gasteiger partial charge in [0.1, 0.15) is 104 Å². The lowest BCUT2D eigenvalue weighted by molar-refractivity contribution is 0.602. The van der Waals surface area contributed by atoms with Crippen LogP contribution in [0.15, 0.2) is 91.0 Å². The van der Waals surface area contributed by atoms with Gasteiger partial charge < -0.3 is 0 Å². The highest BCUT2D eigenvalue weighted by molar-refractivity contribution is 7.34. The summed E-state index contributed by atoms with van der Waals surface area (Å²) < 4.78 is 33.3. The zero-order valence-corrected chi connectivity index (χ0v) is 36.4. The molecule has 0 atom stereocenters. The molecule has 6 radical (unpaired) electrons. The smallest absolute Gasteiger partial charge is 0.192 e. The number of hydrogen-bond donors (Lipinski definition) is 0. The molecule has 0 N–H and O–H groups in total. The molecule has 0 spiro atoms. The minimum atomic E-state index is 0. The quantitative estimate of drug-likeness (QED) is 0.239. The Labute approximate surface area is 280 Å². The second kappa shape index (κ2) is 20.3. The van der Waals surface area contributed by atoms with E-state index in [1.54, 1.807) is 0 Å². The van der Waals surface area contributed by atoms with E-state index in [-0.39, 0.29) is 130 Å². The average Bonchev–Trinajstić information content (AvgIpc) is 2.84. The molecule has 0 aliphatic heterocycles. The van der Waals surface area contributed by atoms with Gasteiger partial charge in [0, 0.05) is 15.9 Å². The lowest BCUT2D eigenvalue weighted by Gasteiger charge is -2.12. The van der Waals surface area contributed by atoms with E-state index in [1.807, 2.05) is 72.8 Å². The van der Waals surface area contributed by atoms with E-state index in [1.165, 1.54) is 0 Å². The van der Waals surface area contributed by atoms with Crippen molar-refractivity contribution in [2.45, 2.75) is 0 Å². The van der Waals surface area contributed by atoms with Crippen molar-refractivity contribution in [3.05, 3.63) is 91.0 Å². The second-order valence-corrected chi connectivity index (χ2v) is 8.81. The van der Waals surface area contributed by atoms with E-state index in [4.69, 9.17) is 0 Å². The molecule has 0 saturated heterocycles. The molecule has 0 heterocycles. The first-order valence-electron chi connectivity index (χ1n) is 9.16. The van der Waals surface area contributed by atoms with Gasteiger partial charge in [-0.15, -0.1) is 0 Å². The normalized spacial score (nSPS) is 9.33. The summed E-state index contributed by atoms with van der Waals surface area (Å²) in [6, 6.07) is 29.2. The van der Waals surface area contributed by atoms with Gasteiger partial charge in [-0.05, 0) is 88.0 Å². The molecule has 4 aromatic carbocycles. The van der Waals surface area contributed by atoms with Gasteiger partial charge >= 0.3 is 0 Å². The zero-order chi connectivity index (χ0) is 20.9. The molecule has 0 saturated carbocycles. The van der Waals surface area contributed by atoms with Crippen LogP contribution in [0.3, 0.4) is 0 Å². The molecule has 174 valence electrons. The predicted octanol–water partition coefficient (Wildman–Crippen LogP) is 0.941. The molecule has 0 amide bonds. The molecular weight excluding hydrogens is 591 g/mol. The van der Waals surface area contributed by atoms with Gasteiger partial charge in [-0.2, -0.15) is 0 Å². The van der Waals surface area contributed by atoms with Crippen molar-refractivity contribution < 1.29 is 13.7 Å². The monoisotopic (exact) mass is 618 g/mol. The summed E-state index contributed by atoms with van der Waals surface area (Å²) in [5, 5.41) is 2.19. The standard InChI is InChI=1S/C24H15O3P3.6Al.12H/c25-28-22-7-1-16(2-8-22)19-13-20(17-3-9-23(29-26)10-4-17)15-21(14-19)18-5-11-24(30-27)12-6-18;;;;;;;;;;;;;;;;;;/h1-15H;;;;;;;;;;;;;;;;;;. The van der Waals surface area contributed by atoms with Crippen molar-refractivity contribution in [1.29, 1.82) is 0 Å². The summed E-state index contributed by atoms with van der Waals surface area (Å²) in [5.74, 6) is 0. The summed E-state index contributed by atoms with van der Waals surface area (Å²) >= 11 is 0. The van der Waals surface area contributed by atoms with E-state index in [0.717, 1.165) is 49.3 Å². The summed E-state index contributed by atoms with van der Waals surface area (Å²) in [4.78, 5) is 0. The Hall–Kier alpha value is 0.375. The highest BCUT2D eigenvalue weighted by Crippen LogP contribution is 2.32. The van der Waals surface area contributed by atoms with Gasteiger partial charge in [0.2, 0.25) is 0 Å². The first kappa shape index (κ1) is 40.9. The first-order chi connectivity index (χ1) is 14.7. The molecule has 0 aliphatic rings. The lowest BCUT2D eigenvalue weighted by Crippen LogP contribution is -1.93. The van der Waals surface area contributed by atoms with E-state index < -0.39 is 0 Å². The van der Waals surface area contributed by atoms with Crippen molar-refractivity contribution in [3.63, 3.8) is 0 Å². The van der Waals surface area contributed by atoms with Gasteiger partial charge in [0.05, 0.1) is 0 Å². The van der Waals surface area contributed by atoms with Crippen LogP contribution in [0.25, 0.3) is 33.4 Å². The molecule has 3 nitrogen and oxygen atoms in total. The van der Waals surface area contributed by atoms with Crippen LogP contribution in [0.2, 0.25) is 0 Å². The van der Waals surface area contributed by atoms with Gasteiger partial charge in [0.15, 0.2) is 25.4 Å². The fourth-order valence-electron chi connectivity index (χ4n) is 3.27. The Morgan fingerprint density at radius 1 is 0.306 bits per heavy atom. The fourth-order valence-corrected chi connectivity index (χ4v) is 4.08. The van der Waals surface area contributed by atoms with Crippen LogP contribution in [-0.4, -0.2) is 104 Å². The molecule has 0 fully saturated rings. The van der Waals surface area contributed by atoms with Gasteiger partial charge in [0.25, 0.3) is 0 Å². The second-order valence-electron chi connectivity index (χ2n) is 6.71. The van der Waals surface area contributed by atoms with Gasteiger partial charge in [-0.1, -0.05) is 36.4 Å². The van der Waals surface area contributed by atoms with E-state index >= 15 is 0 Å². The van der Waals surface area contributed by atoms with Crippen molar-refractivity contribution in [1.82, 2.24) is 0 Å². The van der Waals surface area contributed by atoms with Crippen LogP contribution in [0, 0.1) is 0 Å². The Morgan fingerprint density at radius 2 is 0.500 bits per heavy atom. The minimum absolute atomic E-state index is 0. The van der Waals surface area contributed by atoms with Gasteiger partial charge in [-0.3, -0.25) is 13.7 Å². The van der Waals surface area contributed by atoms with Crippen LogP contribution in [-0.2, 0) is 13.7 Å².